The van der Waals surface area contributed by atoms with Crippen molar-refractivity contribution in [2.45, 2.75) is 27.1 Å². The van der Waals surface area contributed by atoms with Crippen molar-refractivity contribution in [3.05, 3.63) is 42.5 Å². The van der Waals surface area contributed by atoms with E-state index in [-0.39, 0.29) is 26.8 Å². The molecule has 0 saturated carbocycles. The van der Waals surface area contributed by atoms with Gasteiger partial charge >= 0.3 is 0 Å². The molecule has 0 aliphatic heterocycles. The normalized spacial score (nSPS) is 10.9. The molecule has 0 unspecified atom stereocenters. The molecule has 2 aromatic rings. The van der Waals surface area contributed by atoms with Crippen molar-refractivity contribution in [1.82, 2.24) is 0 Å². The molecule has 0 radical (unpaired) electrons. The number of rotatable bonds is 11. The molecule has 0 spiro atoms. The molecule has 2 aromatic carbocycles. The maximum Gasteiger partial charge on any atom is 0.189 e. The van der Waals surface area contributed by atoms with E-state index in [4.69, 9.17) is 18.9 Å². The molecule has 2 N–H and O–H groups in total. The number of aliphatic hydroxyl groups excluding tert-OH is 2. The first-order chi connectivity index (χ1) is 13.6. The molecule has 0 aliphatic rings. The average molecular weight is 614 g/mol. The summed E-state index contributed by atoms with van der Waals surface area (Å²) in [4.78, 5) is 0. The number of halogens is 2. The van der Waals surface area contributed by atoms with E-state index in [9.17, 15) is 10.2 Å². The monoisotopic (exact) mass is 614 g/mol. The first kappa shape index (κ1) is 23.6. The van der Waals surface area contributed by atoms with Crippen molar-refractivity contribution in [3.63, 3.8) is 0 Å². The van der Waals surface area contributed by atoms with Gasteiger partial charge in [-0.05, 0) is 82.3 Å². The number of ether oxygens (including phenoxy) is 4. The number of hydrogen-bond donors (Lipinski definition) is 2. The Kier molecular flexibility index (Phi) is 10.2. The zero-order valence-corrected chi connectivity index (χ0v) is 20.2. The topological polar surface area (TPSA) is 77.4 Å². The lowest BCUT2D eigenvalue weighted by Gasteiger charge is -2.22. The van der Waals surface area contributed by atoms with Crippen molar-refractivity contribution in [2.24, 2.45) is 0 Å². The zero-order valence-electron chi connectivity index (χ0n) is 15.8. The number of hydrogen-bond acceptors (Lipinski definition) is 6. The fourth-order valence-electron chi connectivity index (χ4n) is 2.66. The van der Waals surface area contributed by atoms with Gasteiger partial charge in [-0.15, -0.1) is 0 Å². The van der Waals surface area contributed by atoms with Gasteiger partial charge < -0.3 is 29.2 Å². The Bertz CT molecular complexity index is 716. The van der Waals surface area contributed by atoms with Crippen LogP contribution in [0.2, 0.25) is 0 Å². The third kappa shape index (κ3) is 5.70. The summed E-state index contributed by atoms with van der Waals surface area (Å²) in [6.07, 6.45) is 0. The summed E-state index contributed by atoms with van der Waals surface area (Å²) in [6, 6.07) is 7.45. The van der Waals surface area contributed by atoms with Crippen LogP contribution in [0.5, 0.6) is 11.5 Å². The Morgan fingerprint density at radius 1 is 0.714 bits per heavy atom. The van der Waals surface area contributed by atoms with Gasteiger partial charge in [-0.2, -0.15) is 0 Å². The predicted molar refractivity (Wildman–Crippen MR) is 123 cm³/mol. The smallest absolute Gasteiger partial charge is 0.189 e. The van der Waals surface area contributed by atoms with Crippen LogP contribution in [0.3, 0.4) is 0 Å². The minimum absolute atomic E-state index is 0.0852. The lowest BCUT2D eigenvalue weighted by Crippen LogP contribution is -2.09. The SMILES string of the molecule is CCOCOc1c(I)ccc(CO)c1-c1c(CO)ccc(I)c1OCOCC. The van der Waals surface area contributed by atoms with Gasteiger partial charge in [0.25, 0.3) is 0 Å². The molecule has 0 amide bonds. The van der Waals surface area contributed by atoms with E-state index in [0.29, 0.717) is 47.0 Å². The summed E-state index contributed by atoms with van der Waals surface area (Å²) in [7, 11) is 0. The first-order valence-corrected chi connectivity index (χ1v) is 11.0. The molecule has 0 saturated heterocycles. The lowest BCUT2D eigenvalue weighted by atomic mass is 9.94. The van der Waals surface area contributed by atoms with Crippen LogP contribution in [0.1, 0.15) is 25.0 Å². The van der Waals surface area contributed by atoms with Gasteiger partial charge in [-0.1, -0.05) is 12.1 Å². The lowest BCUT2D eigenvalue weighted by molar-refractivity contribution is 0.0207. The molecular weight excluding hydrogens is 590 g/mol. The van der Waals surface area contributed by atoms with Crippen molar-refractivity contribution >= 4 is 45.2 Å². The number of benzene rings is 2. The third-order valence-corrected chi connectivity index (χ3v) is 5.66. The Balaban J connectivity index is 2.70. The highest BCUT2D eigenvalue weighted by molar-refractivity contribution is 14.1. The largest absolute Gasteiger partial charge is 0.466 e. The zero-order chi connectivity index (χ0) is 20.5. The Morgan fingerprint density at radius 2 is 1.11 bits per heavy atom. The maximum absolute atomic E-state index is 9.99. The van der Waals surface area contributed by atoms with Crippen molar-refractivity contribution < 1.29 is 29.2 Å². The molecule has 2 rings (SSSR count). The third-order valence-electron chi connectivity index (χ3n) is 3.96. The van der Waals surface area contributed by atoms with Gasteiger partial charge in [0.1, 0.15) is 11.5 Å². The summed E-state index contributed by atoms with van der Waals surface area (Å²) < 4.78 is 24.3. The Labute approximate surface area is 192 Å². The van der Waals surface area contributed by atoms with E-state index in [1.54, 1.807) is 0 Å². The summed E-state index contributed by atoms with van der Waals surface area (Å²) in [5.74, 6) is 1.16. The Morgan fingerprint density at radius 3 is 1.43 bits per heavy atom. The molecular formula is C20H24I2O6. The van der Waals surface area contributed by atoms with Crippen LogP contribution >= 0.6 is 45.2 Å². The highest BCUT2D eigenvalue weighted by Crippen LogP contribution is 2.45. The van der Waals surface area contributed by atoms with Gasteiger partial charge in [-0.3, -0.25) is 0 Å². The molecule has 0 aliphatic carbocycles. The fraction of sp³-hybridized carbons (Fsp3) is 0.400. The summed E-state index contributed by atoms with van der Waals surface area (Å²) in [5.41, 5.74) is 2.71. The average Bonchev–Trinajstić information content (AvgIpc) is 2.70. The summed E-state index contributed by atoms with van der Waals surface area (Å²) >= 11 is 4.37. The molecule has 0 aromatic heterocycles. The van der Waals surface area contributed by atoms with Crippen LogP contribution in [0, 0.1) is 7.14 Å². The minimum Gasteiger partial charge on any atom is -0.466 e. The highest BCUT2D eigenvalue weighted by Gasteiger charge is 2.23. The second-order valence-electron chi connectivity index (χ2n) is 5.65. The summed E-state index contributed by atoms with van der Waals surface area (Å²) in [6.45, 7) is 4.64. The molecule has 154 valence electrons. The minimum atomic E-state index is -0.182. The van der Waals surface area contributed by atoms with Gasteiger partial charge in [-0.25, -0.2) is 0 Å². The molecule has 8 heteroatoms. The molecule has 0 bridgehead atoms. The van der Waals surface area contributed by atoms with Crippen molar-refractivity contribution in [1.29, 1.82) is 0 Å². The van der Waals surface area contributed by atoms with Crippen LogP contribution in [-0.4, -0.2) is 37.0 Å². The number of aliphatic hydroxyl groups is 2. The van der Waals surface area contributed by atoms with E-state index < -0.39 is 0 Å². The van der Waals surface area contributed by atoms with Crippen LogP contribution < -0.4 is 9.47 Å². The van der Waals surface area contributed by atoms with Crippen LogP contribution in [0.25, 0.3) is 11.1 Å². The second-order valence-corrected chi connectivity index (χ2v) is 7.97. The van der Waals surface area contributed by atoms with E-state index >= 15 is 0 Å². The predicted octanol–water partition coefficient (Wildman–Crippen LogP) is 4.29. The maximum atomic E-state index is 9.99. The quantitative estimate of drug-likeness (QED) is 0.224. The molecule has 0 heterocycles. The van der Waals surface area contributed by atoms with Gasteiger partial charge in [0, 0.05) is 24.3 Å². The molecule has 28 heavy (non-hydrogen) atoms. The second kappa shape index (κ2) is 12.1. The van der Waals surface area contributed by atoms with Crippen LogP contribution in [0.4, 0.5) is 0 Å². The Hall–Kier alpha value is -0.660. The van der Waals surface area contributed by atoms with Crippen molar-refractivity contribution in [3.8, 4) is 22.6 Å². The van der Waals surface area contributed by atoms with E-state index in [2.05, 4.69) is 45.2 Å². The van der Waals surface area contributed by atoms with Crippen LogP contribution in [0.15, 0.2) is 24.3 Å². The first-order valence-electron chi connectivity index (χ1n) is 8.84. The summed E-state index contributed by atoms with van der Waals surface area (Å²) in [5, 5.41) is 20.0. The van der Waals surface area contributed by atoms with Crippen molar-refractivity contribution in [2.75, 3.05) is 26.8 Å². The van der Waals surface area contributed by atoms with Gasteiger partial charge in [0.15, 0.2) is 13.6 Å². The fourth-order valence-corrected chi connectivity index (χ4v) is 3.87. The van der Waals surface area contributed by atoms with E-state index in [1.165, 1.54) is 0 Å². The van der Waals surface area contributed by atoms with E-state index in [1.807, 2.05) is 38.1 Å². The molecule has 0 fully saturated rings. The molecule has 0 atom stereocenters. The van der Waals surface area contributed by atoms with Gasteiger partial charge in [0.05, 0.1) is 20.4 Å². The van der Waals surface area contributed by atoms with Crippen LogP contribution in [-0.2, 0) is 22.7 Å². The van der Waals surface area contributed by atoms with E-state index in [0.717, 1.165) is 7.14 Å². The van der Waals surface area contributed by atoms with Gasteiger partial charge in [0.2, 0.25) is 0 Å². The standard InChI is InChI=1S/C20H24I2O6/c1-3-25-11-27-19-15(21)7-5-13(9-23)17(19)18-14(10-24)6-8-16(22)20(18)28-12-26-4-2/h5-8,23-24H,3-4,9-12H2,1-2H3. The highest BCUT2D eigenvalue weighted by atomic mass is 127. The molecule has 6 nitrogen and oxygen atoms in total.